The molecule has 0 saturated carbocycles. The second-order valence-corrected chi connectivity index (χ2v) is 8.20. The van der Waals surface area contributed by atoms with Crippen molar-refractivity contribution in [1.82, 2.24) is 9.97 Å². The minimum absolute atomic E-state index is 0.318. The summed E-state index contributed by atoms with van der Waals surface area (Å²) in [5.41, 5.74) is 12.7. The lowest BCUT2D eigenvalue weighted by atomic mass is 10.1. The van der Waals surface area contributed by atoms with E-state index in [-0.39, 0.29) is 5.60 Å². The molecule has 0 spiro atoms. The highest BCUT2D eigenvalue weighted by Gasteiger charge is 2.10. The maximum absolute atomic E-state index is 9.60. The minimum atomic E-state index is -0.318. The van der Waals surface area contributed by atoms with Gasteiger partial charge in [0.1, 0.15) is 10.8 Å². The highest BCUT2D eigenvalue weighted by molar-refractivity contribution is 6.32. The summed E-state index contributed by atoms with van der Waals surface area (Å²) < 4.78 is 4.55. The number of hydrogen-bond acceptors (Lipinski definition) is 4. The predicted octanol–water partition coefficient (Wildman–Crippen LogP) is 6.80. The minimum Gasteiger partial charge on any atom is -0.462 e. The van der Waals surface area contributed by atoms with Crippen LogP contribution in [0.2, 0.25) is 5.15 Å². The van der Waals surface area contributed by atoms with E-state index in [0.717, 1.165) is 38.6 Å². The fraction of sp³-hybridized carbons (Fsp3) is 0.217. The average molecular weight is 436 g/mol. The monoisotopic (exact) mass is 435 g/mol. The number of carbonyl (C=O) groups is 1. The molecule has 0 saturated heterocycles. The maximum Gasteiger partial charge on any atom is 0.293 e. The van der Waals surface area contributed by atoms with E-state index in [4.69, 9.17) is 17.1 Å². The summed E-state index contributed by atoms with van der Waals surface area (Å²) in [6, 6.07) is 17.9. The number of hydrogen-bond donors (Lipinski definition) is 1. The van der Waals surface area contributed by atoms with Crippen LogP contribution < -0.4 is 0 Å². The van der Waals surface area contributed by atoms with Crippen molar-refractivity contribution >= 4 is 39.9 Å². The highest BCUT2D eigenvalue weighted by atomic mass is 35.5. The number of benzene rings is 2. The second-order valence-electron chi connectivity index (χ2n) is 7.84. The van der Waals surface area contributed by atoms with E-state index >= 15 is 0 Å². The molecule has 1 N–H and O–H groups in total. The first-order valence-corrected chi connectivity index (χ1v) is 9.98. The SMILES string of the molecule is CC(C)(C)OC=O.[N-]=[N+]=NCc1ccc2[nH]c(-c3cc4ccccc4nc3Cl)cc2c1. The summed E-state index contributed by atoms with van der Waals surface area (Å²) in [5, 5.41) is 6.15. The maximum atomic E-state index is 9.60. The van der Waals surface area contributed by atoms with E-state index in [1.165, 1.54) is 0 Å². The molecule has 0 aliphatic carbocycles. The summed E-state index contributed by atoms with van der Waals surface area (Å²) in [6.45, 7) is 6.26. The molecular weight excluding hydrogens is 414 g/mol. The van der Waals surface area contributed by atoms with Gasteiger partial charge in [-0.3, -0.25) is 4.79 Å². The Labute approximate surface area is 184 Å². The van der Waals surface area contributed by atoms with Gasteiger partial charge in [0, 0.05) is 32.5 Å². The van der Waals surface area contributed by atoms with Crippen LogP contribution in [0.15, 0.2) is 59.7 Å². The first-order chi connectivity index (χ1) is 14.8. The molecule has 0 atom stereocenters. The van der Waals surface area contributed by atoms with Crippen molar-refractivity contribution in [2.75, 3.05) is 0 Å². The van der Waals surface area contributed by atoms with Crippen molar-refractivity contribution in [3.63, 3.8) is 0 Å². The number of aromatic nitrogens is 2. The van der Waals surface area contributed by atoms with Crippen molar-refractivity contribution in [3.05, 3.63) is 75.8 Å². The largest absolute Gasteiger partial charge is 0.462 e. The summed E-state index contributed by atoms with van der Waals surface area (Å²) in [7, 11) is 0. The molecule has 0 radical (unpaired) electrons. The number of ether oxygens (including phenoxy) is 1. The topological polar surface area (TPSA) is 104 Å². The van der Waals surface area contributed by atoms with E-state index in [0.29, 0.717) is 18.2 Å². The van der Waals surface area contributed by atoms with Gasteiger partial charge in [-0.1, -0.05) is 41.0 Å². The molecule has 0 fully saturated rings. The van der Waals surface area contributed by atoms with Gasteiger partial charge in [0.05, 0.1) is 12.1 Å². The van der Waals surface area contributed by atoms with Gasteiger partial charge in [-0.15, -0.1) is 0 Å². The number of halogens is 1. The van der Waals surface area contributed by atoms with Gasteiger partial charge in [0.15, 0.2) is 0 Å². The number of nitrogens with one attached hydrogen (secondary N) is 1. The molecule has 0 aliphatic heterocycles. The van der Waals surface area contributed by atoms with Gasteiger partial charge < -0.3 is 9.72 Å². The Morgan fingerprint density at radius 1 is 1.16 bits per heavy atom. The summed E-state index contributed by atoms with van der Waals surface area (Å²) in [6.07, 6.45) is 0. The van der Waals surface area contributed by atoms with E-state index in [1.807, 2.05) is 75.4 Å². The van der Waals surface area contributed by atoms with E-state index < -0.39 is 0 Å². The number of nitrogens with zero attached hydrogens (tertiary/aromatic N) is 4. The van der Waals surface area contributed by atoms with Gasteiger partial charge in [-0.25, -0.2) is 4.98 Å². The molecule has 2 heterocycles. The first-order valence-electron chi connectivity index (χ1n) is 9.60. The number of pyridine rings is 1. The Bertz CT molecular complexity index is 1270. The Kier molecular flexibility index (Phi) is 6.80. The van der Waals surface area contributed by atoms with Gasteiger partial charge in [0.2, 0.25) is 0 Å². The van der Waals surface area contributed by atoms with Crippen LogP contribution in [0, 0.1) is 0 Å². The third-order valence-corrected chi connectivity index (χ3v) is 4.66. The van der Waals surface area contributed by atoms with Crippen molar-refractivity contribution in [1.29, 1.82) is 0 Å². The lowest BCUT2D eigenvalue weighted by Gasteiger charge is -2.14. The number of fused-ring (bicyclic) bond motifs is 2. The number of H-pyrrole nitrogens is 1. The van der Waals surface area contributed by atoms with Crippen molar-refractivity contribution < 1.29 is 9.53 Å². The van der Waals surface area contributed by atoms with Gasteiger partial charge >= 0.3 is 0 Å². The number of para-hydroxylation sites is 1. The van der Waals surface area contributed by atoms with Crippen molar-refractivity contribution in [2.45, 2.75) is 32.9 Å². The standard InChI is InChI=1S/C18H12ClN5.C5H10O2/c19-18-14(8-12-3-1-2-4-15(12)23-18)17-9-13-7-11(10-21-24-20)5-6-16(13)22-17;1-5(2,3)7-4-6/h1-9,22H,10H2;4H,1-3H3. The van der Waals surface area contributed by atoms with Crippen LogP contribution in [0.4, 0.5) is 0 Å². The molecule has 0 unspecified atom stereocenters. The van der Waals surface area contributed by atoms with Crippen LogP contribution >= 0.6 is 11.6 Å². The van der Waals surface area contributed by atoms with Gasteiger partial charge in [-0.05, 0) is 62.2 Å². The van der Waals surface area contributed by atoms with Gasteiger partial charge in [-0.2, -0.15) is 0 Å². The van der Waals surface area contributed by atoms with Crippen molar-refractivity contribution in [2.24, 2.45) is 5.11 Å². The second kappa shape index (κ2) is 9.51. The van der Waals surface area contributed by atoms with Crippen LogP contribution in [-0.2, 0) is 16.1 Å². The number of carbonyl (C=O) groups excluding carboxylic acids is 1. The molecule has 158 valence electrons. The Morgan fingerprint density at radius 3 is 2.61 bits per heavy atom. The first kappa shape index (κ1) is 22.2. The quantitative estimate of drug-likeness (QED) is 0.125. The zero-order valence-corrected chi connectivity index (χ0v) is 18.2. The third kappa shape index (κ3) is 5.75. The smallest absolute Gasteiger partial charge is 0.293 e. The van der Waals surface area contributed by atoms with E-state index in [9.17, 15) is 4.79 Å². The van der Waals surface area contributed by atoms with Crippen LogP contribution in [-0.4, -0.2) is 22.0 Å². The predicted molar refractivity (Wildman–Crippen MR) is 124 cm³/mol. The molecule has 31 heavy (non-hydrogen) atoms. The lowest BCUT2D eigenvalue weighted by Crippen LogP contribution is -2.17. The molecule has 7 nitrogen and oxygen atoms in total. The van der Waals surface area contributed by atoms with Gasteiger partial charge in [0.25, 0.3) is 6.47 Å². The molecule has 0 amide bonds. The number of azide groups is 1. The molecule has 4 rings (SSSR count). The Balaban J connectivity index is 0.000000339. The Morgan fingerprint density at radius 2 is 1.94 bits per heavy atom. The Hall–Kier alpha value is -3.54. The van der Waals surface area contributed by atoms with E-state index in [2.05, 4.69) is 24.7 Å². The molecular formula is C23H22ClN5O2. The van der Waals surface area contributed by atoms with E-state index in [1.54, 1.807) is 0 Å². The van der Waals surface area contributed by atoms with Crippen LogP contribution in [0.25, 0.3) is 43.5 Å². The summed E-state index contributed by atoms with van der Waals surface area (Å²) in [5.74, 6) is 0. The number of aromatic amines is 1. The van der Waals surface area contributed by atoms with Crippen molar-refractivity contribution in [3.8, 4) is 11.3 Å². The zero-order chi connectivity index (χ0) is 22.4. The fourth-order valence-electron chi connectivity index (χ4n) is 2.96. The summed E-state index contributed by atoms with van der Waals surface area (Å²) >= 11 is 6.38. The zero-order valence-electron chi connectivity index (χ0n) is 17.5. The molecule has 2 aromatic carbocycles. The van der Waals surface area contributed by atoms with Crippen LogP contribution in [0.3, 0.4) is 0 Å². The molecule has 4 aromatic rings. The molecule has 0 aliphatic rings. The summed E-state index contributed by atoms with van der Waals surface area (Å²) in [4.78, 5) is 20.2. The molecule has 8 heteroatoms. The third-order valence-electron chi connectivity index (χ3n) is 4.37. The molecule has 0 bridgehead atoms. The number of rotatable bonds is 4. The normalized spacial score (nSPS) is 10.8. The lowest BCUT2D eigenvalue weighted by molar-refractivity contribution is -0.138. The fourth-order valence-corrected chi connectivity index (χ4v) is 3.21. The average Bonchev–Trinajstić information content (AvgIpc) is 3.14. The van der Waals surface area contributed by atoms with Crippen LogP contribution in [0.5, 0.6) is 0 Å². The van der Waals surface area contributed by atoms with Crippen LogP contribution in [0.1, 0.15) is 26.3 Å². The molecule has 2 aromatic heterocycles. The highest BCUT2D eigenvalue weighted by Crippen LogP contribution is 2.31.